The highest BCUT2D eigenvalue weighted by atomic mass is 32.2. The molecule has 0 unspecified atom stereocenters. The smallest absolute Gasteiger partial charge is 0.276 e. The van der Waals surface area contributed by atoms with Gasteiger partial charge >= 0.3 is 0 Å². The van der Waals surface area contributed by atoms with Crippen molar-refractivity contribution in [2.45, 2.75) is 19.4 Å². The van der Waals surface area contributed by atoms with Crippen molar-refractivity contribution in [3.63, 3.8) is 0 Å². The number of benzene rings is 1. The first kappa shape index (κ1) is 15.7. The average molecular weight is 334 g/mol. The van der Waals surface area contributed by atoms with Crippen LogP contribution < -0.4 is 0 Å². The topological polar surface area (TPSA) is 85.2 Å². The molecule has 0 radical (unpaired) electrons. The van der Waals surface area contributed by atoms with Crippen molar-refractivity contribution in [2.24, 2.45) is 0 Å². The fraction of sp³-hybridized carbons (Fsp3) is 0.400. The maximum absolute atomic E-state index is 12.6. The van der Waals surface area contributed by atoms with Gasteiger partial charge in [-0.05, 0) is 25.5 Å². The molecule has 1 aromatic heterocycles. The van der Waals surface area contributed by atoms with Crippen LogP contribution in [0.15, 0.2) is 30.3 Å². The molecule has 23 heavy (non-hydrogen) atoms. The first-order valence-corrected chi connectivity index (χ1v) is 9.16. The molecule has 8 heteroatoms. The highest BCUT2D eigenvalue weighted by Gasteiger charge is 2.34. The molecule has 122 valence electrons. The minimum Gasteiger partial charge on any atom is -0.336 e. The normalized spacial score (nSPS) is 19.7. The quantitative estimate of drug-likeness (QED) is 0.830. The molecule has 3 rings (SSSR count). The van der Waals surface area contributed by atoms with Gasteiger partial charge in [-0.15, -0.1) is 5.10 Å². The largest absolute Gasteiger partial charge is 0.336 e. The summed E-state index contributed by atoms with van der Waals surface area (Å²) in [5.74, 6) is -0.154. The highest BCUT2D eigenvalue weighted by molar-refractivity contribution is 7.91. The van der Waals surface area contributed by atoms with E-state index in [1.165, 1.54) is 4.90 Å². The molecular weight excluding hydrogens is 316 g/mol. The average Bonchev–Trinajstić information content (AvgIpc) is 3.09. The molecule has 0 N–H and O–H groups in total. The molecule has 1 saturated heterocycles. The standard InChI is InChI=1S/C15H18N4O3S/c1-11-14(16-17-19(11)12-6-4-3-5-7-12)15(20)18(2)13-8-9-23(21,22)10-13/h3-7,13H,8-10H2,1-2H3/t13-/m1/s1. The molecule has 2 heterocycles. The summed E-state index contributed by atoms with van der Waals surface area (Å²) in [5.41, 5.74) is 1.71. The third kappa shape index (κ3) is 2.98. The summed E-state index contributed by atoms with van der Waals surface area (Å²) in [6.07, 6.45) is 0.469. The molecule has 1 aromatic carbocycles. The zero-order valence-electron chi connectivity index (χ0n) is 13.0. The van der Waals surface area contributed by atoms with E-state index in [9.17, 15) is 13.2 Å². The highest BCUT2D eigenvalue weighted by Crippen LogP contribution is 2.19. The van der Waals surface area contributed by atoms with Crippen LogP contribution in [0.25, 0.3) is 5.69 Å². The summed E-state index contributed by atoms with van der Waals surface area (Å²) in [7, 11) is -1.42. The van der Waals surface area contributed by atoms with Crippen LogP contribution in [0, 0.1) is 6.92 Å². The molecular formula is C15H18N4O3S. The summed E-state index contributed by atoms with van der Waals surface area (Å²) in [6.45, 7) is 1.78. The molecule has 1 aliphatic heterocycles. The fourth-order valence-electron chi connectivity index (χ4n) is 2.75. The Balaban J connectivity index is 1.85. The lowest BCUT2D eigenvalue weighted by Gasteiger charge is -2.22. The number of carbonyl (C=O) groups is 1. The molecule has 0 saturated carbocycles. The van der Waals surface area contributed by atoms with Gasteiger partial charge in [0.15, 0.2) is 15.5 Å². The Bertz CT molecular complexity index is 830. The number of para-hydroxylation sites is 1. The van der Waals surface area contributed by atoms with Gasteiger partial charge in [-0.3, -0.25) is 4.79 Å². The van der Waals surface area contributed by atoms with Crippen LogP contribution in [0.3, 0.4) is 0 Å². The lowest BCUT2D eigenvalue weighted by molar-refractivity contribution is 0.0741. The molecule has 0 spiro atoms. The van der Waals surface area contributed by atoms with Crippen LogP contribution in [0.2, 0.25) is 0 Å². The van der Waals surface area contributed by atoms with Crippen LogP contribution >= 0.6 is 0 Å². The maximum Gasteiger partial charge on any atom is 0.276 e. The number of sulfone groups is 1. The lowest BCUT2D eigenvalue weighted by Crippen LogP contribution is -2.38. The van der Waals surface area contributed by atoms with Crippen molar-refractivity contribution in [3.8, 4) is 5.69 Å². The number of rotatable bonds is 3. The number of carbonyl (C=O) groups excluding carboxylic acids is 1. The van der Waals surface area contributed by atoms with E-state index < -0.39 is 9.84 Å². The van der Waals surface area contributed by atoms with Gasteiger partial charge in [-0.1, -0.05) is 23.4 Å². The molecule has 1 atom stereocenters. The Hall–Kier alpha value is -2.22. The fourth-order valence-corrected chi connectivity index (χ4v) is 4.53. The van der Waals surface area contributed by atoms with E-state index in [1.807, 2.05) is 30.3 Å². The van der Waals surface area contributed by atoms with Crippen LogP contribution in [0.1, 0.15) is 22.6 Å². The van der Waals surface area contributed by atoms with Gasteiger partial charge in [0.05, 0.1) is 22.9 Å². The van der Waals surface area contributed by atoms with E-state index in [0.717, 1.165) is 5.69 Å². The van der Waals surface area contributed by atoms with Gasteiger partial charge in [0, 0.05) is 13.1 Å². The molecule has 7 nitrogen and oxygen atoms in total. The lowest BCUT2D eigenvalue weighted by atomic mass is 10.2. The van der Waals surface area contributed by atoms with Crippen molar-refractivity contribution in [1.29, 1.82) is 0 Å². The van der Waals surface area contributed by atoms with Crippen LogP contribution in [-0.2, 0) is 9.84 Å². The van der Waals surface area contributed by atoms with Crippen molar-refractivity contribution >= 4 is 15.7 Å². The van der Waals surface area contributed by atoms with E-state index in [-0.39, 0.29) is 29.1 Å². The summed E-state index contributed by atoms with van der Waals surface area (Å²) < 4.78 is 24.8. The Morgan fingerprint density at radius 3 is 2.61 bits per heavy atom. The summed E-state index contributed by atoms with van der Waals surface area (Å²) in [4.78, 5) is 14.1. The summed E-state index contributed by atoms with van der Waals surface area (Å²) in [6, 6.07) is 9.12. The Morgan fingerprint density at radius 1 is 1.30 bits per heavy atom. The van der Waals surface area contributed by atoms with Gasteiger partial charge in [0.25, 0.3) is 5.91 Å². The van der Waals surface area contributed by atoms with E-state index in [1.54, 1.807) is 18.7 Å². The van der Waals surface area contributed by atoms with Crippen LogP contribution in [0.5, 0.6) is 0 Å². The van der Waals surface area contributed by atoms with Crippen LogP contribution in [0.4, 0.5) is 0 Å². The number of hydrogen-bond donors (Lipinski definition) is 0. The second-order valence-electron chi connectivity index (χ2n) is 5.74. The molecule has 2 aromatic rings. The van der Waals surface area contributed by atoms with Gasteiger partial charge in [-0.25, -0.2) is 13.1 Å². The van der Waals surface area contributed by atoms with E-state index in [4.69, 9.17) is 0 Å². The molecule has 1 amide bonds. The second-order valence-corrected chi connectivity index (χ2v) is 7.97. The van der Waals surface area contributed by atoms with E-state index >= 15 is 0 Å². The third-order valence-electron chi connectivity index (χ3n) is 4.17. The Kier molecular flexibility index (Phi) is 3.93. The molecule has 0 aliphatic carbocycles. The first-order chi connectivity index (χ1) is 10.9. The monoisotopic (exact) mass is 334 g/mol. The van der Waals surface area contributed by atoms with E-state index in [2.05, 4.69) is 10.3 Å². The molecule has 1 aliphatic rings. The summed E-state index contributed by atoms with van der Waals surface area (Å²) in [5, 5.41) is 8.04. The molecule has 1 fully saturated rings. The third-order valence-corrected chi connectivity index (χ3v) is 5.92. The predicted molar refractivity (Wildman–Crippen MR) is 85.2 cm³/mol. The zero-order chi connectivity index (χ0) is 16.6. The number of nitrogens with zero attached hydrogens (tertiary/aromatic N) is 4. The van der Waals surface area contributed by atoms with Crippen LogP contribution in [-0.4, -0.2) is 58.8 Å². The van der Waals surface area contributed by atoms with Crippen molar-refractivity contribution in [1.82, 2.24) is 19.9 Å². The second kappa shape index (κ2) is 5.77. The summed E-state index contributed by atoms with van der Waals surface area (Å²) >= 11 is 0. The number of aromatic nitrogens is 3. The van der Waals surface area contributed by atoms with E-state index in [0.29, 0.717) is 12.1 Å². The maximum atomic E-state index is 12.6. The number of hydrogen-bond acceptors (Lipinski definition) is 5. The SMILES string of the molecule is Cc1c(C(=O)N(C)[C@@H]2CCS(=O)(=O)C2)nnn1-c1ccccc1. The first-order valence-electron chi connectivity index (χ1n) is 7.34. The zero-order valence-corrected chi connectivity index (χ0v) is 13.8. The van der Waals surface area contributed by atoms with Crippen molar-refractivity contribution in [3.05, 3.63) is 41.7 Å². The minimum absolute atomic E-state index is 0.0150. The van der Waals surface area contributed by atoms with Gasteiger partial charge in [0.2, 0.25) is 0 Å². The van der Waals surface area contributed by atoms with Gasteiger partial charge < -0.3 is 4.90 Å². The predicted octanol–water partition coefficient (Wildman–Crippen LogP) is 0.835. The minimum atomic E-state index is -3.04. The van der Waals surface area contributed by atoms with Gasteiger partial charge in [-0.2, -0.15) is 0 Å². The van der Waals surface area contributed by atoms with Crippen molar-refractivity contribution < 1.29 is 13.2 Å². The Labute approximate surface area is 134 Å². The van der Waals surface area contributed by atoms with Crippen molar-refractivity contribution in [2.75, 3.05) is 18.6 Å². The number of amides is 1. The molecule has 0 bridgehead atoms. The Morgan fingerprint density at radius 2 is 2.00 bits per heavy atom. The van der Waals surface area contributed by atoms with Gasteiger partial charge in [0.1, 0.15) is 0 Å².